The van der Waals surface area contributed by atoms with Gasteiger partial charge in [0, 0.05) is 13.1 Å². The van der Waals surface area contributed by atoms with Crippen LogP contribution in [0, 0.1) is 0 Å². The first-order valence-corrected chi connectivity index (χ1v) is 4.21. The van der Waals surface area contributed by atoms with Crippen LogP contribution in [0.5, 0.6) is 0 Å². The zero-order chi connectivity index (χ0) is 9.26. The molecule has 0 spiro atoms. The lowest BCUT2D eigenvalue weighted by Gasteiger charge is -2.35. The van der Waals surface area contributed by atoms with Gasteiger partial charge in [-0.3, -0.25) is 9.69 Å². The summed E-state index contributed by atoms with van der Waals surface area (Å²) in [6, 6.07) is 1.65. The molecular formula is C9H11NO3. The third kappa shape index (κ3) is 1.64. The van der Waals surface area contributed by atoms with Crippen LogP contribution >= 0.6 is 0 Å². The molecule has 0 saturated carbocycles. The van der Waals surface area contributed by atoms with E-state index < -0.39 is 0 Å². The van der Waals surface area contributed by atoms with Crippen LogP contribution in [0.15, 0.2) is 16.7 Å². The standard InChI is InChI=1S/C9H11NO3/c11-6-7-1-2-13-9(7)5-10-3-8(12)4-10/h1-2,6,8,12H,3-5H2. The van der Waals surface area contributed by atoms with Crippen LogP contribution < -0.4 is 0 Å². The highest BCUT2D eigenvalue weighted by Crippen LogP contribution is 2.15. The van der Waals surface area contributed by atoms with Crippen molar-refractivity contribution in [1.82, 2.24) is 4.90 Å². The zero-order valence-corrected chi connectivity index (χ0v) is 7.14. The van der Waals surface area contributed by atoms with Crippen molar-refractivity contribution in [2.75, 3.05) is 13.1 Å². The van der Waals surface area contributed by atoms with Crippen molar-refractivity contribution in [3.05, 3.63) is 23.7 Å². The van der Waals surface area contributed by atoms with Crippen LogP contribution in [-0.2, 0) is 6.54 Å². The maximum Gasteiger partial charge on any atom is 0.153 e. The van der Waals surface area contributed by atoms with Gasteiger partial charge in [-0.25, -0.2) is 0 Å². The molecule has 4 nitrogen and oxygen atoms in total. The Bertz CT molecular complexity index is 302. The summed E-state index contributed by atoms with van der Waals surface area (Å²) in [4.78, 5) is 12.5. The normalized spacial score (nSPS) is 18.5. The average Bonchev–Trinajstić information content (AvgIpc) is 2.49. The van der Waals surface area contributed by atoms with E-state index in [4.69, 9.17) is 9.52 Å². The number of aliphatic hydroxyl groups is 1. The summed E-state index contributed by atoms with van der Waals surface area (Å²) in [5.74, 6) is 0.682. The molecule has 0 amide bonds. The summed E-state index contributed by atoms with van der Waals surface area (Å²) >= 11 is 0. The van der Waals surface area contributed by atoms with E-state index in [9.17, 15) is 4.79 Å². The van der Waals surface area contributed by atoms with E-state index in [0.29, 0.717) is 31.0 Å². The van der Waals surface area contributed by atoms with Crippen LogP contribution in [0.1, 0.15) is 16.1 Å². The van der Waals surface area contributed by atoms with Crippen molar-refractivity contribution in [1.29, 1.82) is 0 Å². The molecule has 1 saturated heterocycles. The molecule has 4 heteroatoms. The molecule has 2 rings (SSSR count). The molecule has 1 N–H and O–H groups in total. The van der Waals surface area contributed by atoms with Gasteiger partial charge in [0.1, 0.15) is 5.76 Å². The van der Waals surface area contributed by atoms with Gasteiger partial charge < -0.3 is 9.52 Å². The first-order valence-electron chi connectivity index (χ1n) is 4.21. The summed E-state index contributed by atoms with van der Waals surface area (Å²) < 4.78 is 5.14. The second-order valence-electron chi connectivity index (χ2n) is 3.26. The number of rotatable bonds is 3. The molecule has 0 atom stereocenters. The maximum atomic E-state index is 10.5. The van der Waals surface area contributed by atoms with Crippen LogP contribution in [0.4, 0.5) is 0 Å². The molecule has 0 bridgehead atoms. The van der Waals surface area contributed by atoms with Crippen molar-refractivity contribution in [2.24, 2.45) is 0 Å². The number of likely N-dealkylation sites (tertiary alicyclic amines) is 1. The third-order valence-electron chi connectivity index (χ3n) is 2.21. The number of carbonyl (C=O) groups excluding carboxylic acids is 1. The predicted octanol–water partition coefficient (Wildman–Crippen LogP) is 0.269. The van der Waals surface area contributed by atoms with Crippen molar-refractivity contribution in [3.8, 4) is 0 Å². The minimum absolute atomic E-state index is 0.213. The van der Waals surface area contributed by atoms with Gasteiger partial charge in [-0.05, 0) is 6.07 Å². The Hall–Kier alpha value is -1.13. The van der Waals surface area contributed by atoms with Gasteiger partial charge in [-0.1, -0.05) is 0 Å². The highest BCUT2D eigenvalue weighted by Gasteiger charge is 2.25. The molecule has 13 heavy (non-hydrogen) atoms. The molecule has 1 aromatic rings. The van der Waals surface area contributed by atoms with Crippen molar-refractivity contribution in [3.63, 3.8) is 0 Å². The first-order chi connectivity index (χ1) is 6.29. The summed E-state index contributed by atoms with van der Waals surface area (Å²) in [6.45, 7) is 1.94. The van der Waals surface area contributed by atoms with Gasteiger partial charge in [0.15, 0.2) is 6.29 Å². The van der Waals surface area contributed by atoms with E-state index >= 15 is 0 Å². The number of hydrogen-bond acceptors (Lipinski definition) is 4. The van der Waals surface area contributed by atoms with Gasteiger partial charge >= 0.3 is 0 Å². The van der Waals surface area contributed by atoms with Crippen molar-refractivity contribution >= 4 is 6.29 Å². The minimum Gasteiger partial charge on any atom is -0.467 e. The lowest BCUT2D eigenvalue weighted by atomic mass is 10.1. The smallest absolute Gasteiger partial charge is 0.153 e. The number of aldehydes is 1. The van der Waals surface area contributed by atoms with Gasteiger partial charge in [-0.15, -0.1) is 0 Å². The zero-order valence-electron chi connectivity index (χ0n) is 7.14. The molecule has 2 heterocycles. The SMILES string of the molecule is O=Cc1ccoc1CN1CC(O)C1. The molecule has 1 aliphatic rings. The molecule has 1 aliphatic heterocycles. The Balaban J connectivity index is 1.97. The molecular weight excluding hydrogens is 170 g/mol. The molecule has 1 fully saturated rings. The number of nitrogens with zero attached hydrogens (tertiary/aromatic N) is 1. The Labute approximate surface area is 75.8 Å². The van der Waals surface area contributed by atoms with Gasteiger partial charge in [0.25, 0.3) is 0 Å². The van der Waals surface area contributed by atoms with Crippen LogP contribution in [0.2, 0.25) is 0 Å². The van der Waals surface area contributed by atoms with Crippen molar-refractivity contribution < 1.29 is 14.3 Å². The van der Waals surface area contributed by atoms with E-state index in [1.165, 1.54) is 6.26 Å². The highest BCUT2D eigenvalue weighted by molar-refractivity contribution is 5.75. The molecule has 70 valence electrons. The number of furan rings is 1. The summed E-state index contributed by atoms with van der Waals surface area (Å²) in [5.41, 5.74) is 0.599. The molecule has 0 unspecified atom stereocenters. The Morgan fingerprint density at radius 2 is 2.46 bits per heavy atom. The Kier molecular flexibility index (Phi) is 2.16. The lowest BCUT2D eigenvalue weighted by Crippen LogP contribution is -2.49. The quantitative estimate of drug-likeness (QED) is 0.680. The summed E-state index contributed by atoms with van der Waals surface area (Å²) in [7, 11) is 0. The fraction of sp³-hybridized carbons (Fsp3) is 0.444. The number of carbonyl (C=O) groups is 1. The molecule has 0 aliphatic carbocycles. The van der Waals surface area contributed by atoms with E-state index in [2.05, 4.69) is 0 Å². The average molecular weight is 181 g/mol. The predicted molar refractivity (Wildman–Crippen MR) is 45.4 cm³/mol. The largest absolute Gasteiger partial charge is 0.467 e. The van der Waals surface area contributed by atoms with Crippen LogP contribution in [0.25, 0.3) is 0 Å². The topological polar surface area (TPSA) is 53.7 Å². The highest BCUT2D eigenvalue weighted by atomic mass is 16.3. The van der Waals surface area contributed by atoms with Crippen LogP contribution in [0.3, 0.4) is 0 Å². The van der Waals surface area contributed by atoms with E-state index in [1.54, 1.807) is 6.07 Å². The number of hydrogen-bond donors (Lipinski definition) is 1. The summed E-state index contributed by atoms with van der Waals surface area (Å²) in [5, 5.41) is 9.03. The Morgan fingerprint density at radius 1 is 1.69 bits per heavy atom. The Morgan fingerprint density at radius 3 is 3.08 bits per heavy atom. The summed E-state index contributed by atoms with van der Waals surface area (Å²) in [6.07, 6.45) is 2.08. The monoisotopic (exact) mass is 181 g/mol. The number of aliphatic hydroxyl groups excluding tert-OH is 1. The van der Waals surface area contributed by atoms with E-state index in [-0.39, 0.29) is 6.10 Å². The van der Waals surface area contributed by atoms with Gasteiger partial charge in [0.2, 0.25) is 0 Å². The second-order valence-corrected chi connectivity index (χ2v) is 3.26. The second kappa shape index (κ2) is 3.32. The number of β-amino-alcohol motifs (C(OH)–C–C–N with tert-alkyl or cyclic N) is 1. The van der Waals surface area contributed by atoms with E-state index in [0.717, 1.165) is 6.29 Å². The third-order valence-corrected chi connectivity index (χ3v) is 2.21. The maximum absolute atomic E-state index is 10.5. The lowest BCUT2D eigenvalue weighted by molar-refractivity contribution is -0.00635. The first kappa shape index (κ1) is 8.47. The van der Waals surface area contributed by atoms with Gasteiger partial charge in [-0.2, -0.15) is 0 Å². The molecule has 0 radical (unpaired) electrons. The molecule has 1 aromatic heterocycles. The van der Waals surface area contributed by atoms with Crippen molar-refractivity contribution in [2.45, 2.75) is 12.6 Å². The van der Waals surface area contributed by atoms with E-state index in [1.807, 2.05) is 4.90 Å². The van der Waals surface area contributed by atoms with Gasteiger partial charge in [0.05, 0.1) is 24.5 Å². The van der Waals surface area contributed by atoms with Crippen LogP contribution in [-0.4, -0.2) is 35.5 Å². The molecule has 0 aromatic carbocycles. The fourth-order valence-electron chi connectivity index (χ4n) is 1.46. The minimum atomic E-state index is -0.213. The fourth-order valence-corrected chi connectivity index (χ4v) is 1.46.